The number of fused-ring (bicyclic) bond motifs is 1. The van der Waals surface area contributed by atoms with Gasteiger partial charge in [-0.2, -0.15) is 0 Å². The van der Waals surface area contributed by atoms with E-state index in [9.17, 15) is 19.3 Å². The van der Waals surface area contributed by atoms with Crippen molar-refractivity contribution in [1.29, 1.82) is 0 Å². The highest BCUT2D eigenvalue weighted by Crippen LogP contribution is 2.58. The van der Waals surface area contributed by atoms with E-state index in [1.54, 1.807) is 45.0 Å². The average Bonchev–Trinajstić information content (AvgIpc) is 3.16. The van der Waals surface area contributed by atoms with Crippen LogP contribution in [0.2, 0.25) is 0 Å². The van der Waals surface area contributed by atoms with E-state index in [1.165, 1.54) is 37.3 Å². The number of aromatic carboxylic acids is 1. The van der Waals surface area contributed by atoms with Crippen LogP contribution in [0.5, 0.6) is 5.75 Å². The van der Waals surface area contributed by atoms with Gasteiger partial charge in [0.25, 0.3) is 0 Å². The number of nitrogens with one attached hydrogen (secondary N) is 1. The van der Waals surface area contributed by atoms with E-state index in [1.807, 2.05) is 0 Å². The topological polar surface area (TPSA) is 102 Å². The molecule has 176 valence electrons. The summed E-state index contributed by atoms with van der Waals surface area (Å²) < 4.78 is 41.2. The van der Waals surface area contributed by atoms with Gasteiger partial charge in [-0.15, -0.1) is 11.3 Å². The number of para-hydroxylation sites is 1. The number of carbonyl (C=O) groups excluding carboxylic acids is 1. The van der Waals surface area contributed by atoms with Gasteiger partial charge >= 0.3 is 19.5 Å². The first-order chi connectivity index (χ1) is 15.4. The maximum Gasteiger partial charge on any atom is 0.355 e. The van der Waals surface area contributed by atoms with Crippen molar-refractivity contribution in [3.05, 3.63) is 65.0 Å². The zero-order valence-corrected chi connectivity index (χ0v) is 20.3. The summed E-state index contributed by atoms with van der Waals surface area (Å²) in [6.07, 6.45) is 0. The van der Waals surface area contributed by atoms with Crippen LogP contribution in [0.4, 0.5) is 4.39 Å². The number of carboxylic acid groups (broad SMARTS) is 1. The van der Waals surface area contributed by atoms with E-state index in [2.05, 4.69) is 5.09 Å². The molecule has 0 saturated heterocycles. The van der Waals surface area contributed by atoms with Gasteiger partial charge in [0.15, 0.2) is 0 Å². The second-order valence-electron chi connectivity index (χ2n) is 8.43. The van der Waals surface area contributed by atoms with Gasteiger partial charge in [0.05, 0.1) is 0 Å². The summed E-state index contributed by atoms with van der Waals surface area (Å²) in [6, 6.07) is 12.8. The van der Waals surface area contributed by atoms with Crippen molar-refractivity contribution in [3.8, 4) is 5.75 Å². The number of alkyl halides is 1. The van der Waals surface area contributed by atoms with Gasteiger partial charge < -0.3 is 14.4 Å². The first kappa shape index (κ1) is 24.9. The second kappa shape index (κ2) is 9.63. The summed E-state index contributed by atoms with van der Waals surface area (Å²) in [7, 11) is -4.35. The van der Waals surface area contributed by atoms with Crippen molar-refractivity contribution in [2.75, 3.05) is 0 Å². The highest BCUT2D eigenvalue weighted by atomic mass is 32.1. The Kier molecular flexibility index (Phi) is 7.26. The Hall–Kier alpha value is -2.74. The minimum atomic E-state index is -4.35. The Morgan fingerprint density at radius 2 is 1.79 bits per heavy atom. The Morgan fingerprint density at radius 1 is 1.12 bits per heavy atom. The van der Waals surface area contributed by atoms with Crippen molar-refractivity contribution >= 4 is 40.9 Å². The predicted molar refractivity (Wildman–Crippen MR) is 126 cm³/mol. The Labute approximate surface area is 195 Å². The van der Waals surface area contributed by atoms with Crippen molar-refractivity contribution < 1.29 is 32.9 Å². The molecule has 3 aromatic rings. The van der Waals surface area contributed by atoms with E-state index in [-0.39, 0.29) is 16.2 Å². The zero-order chi connectivity index (χ0) is 24.4. The highest BCUT2D eigenvalue weighted by molar-refractivity contribution is 7.57. The van der Waals surface area contributed by atoms with Crippen LogP contribution in [0.1, 0.15) is 48.8 Å². The highest BCUT2D eigenvalue weighted by Gasteiger charge is 2.41. The average molecular weight is 493 g/mol. The van der Waals surface area contributed by atoms with Crippen molar-refractivity contribution in [2.24, 2.45) is 0 Å². The second-order valence-corrected chi connectivity index (χ2v) is 11.6. The number of thiophene rings is 1. The number of carboxylic acids is 1. The SMILES string of the molecule is C[C@H](NP(=O)(Oc1ccccc1)C(F)c1ccc2sc(C(=O)O)cc2c1)C(=O)OC(C)(C)C. The lowest BCUT2D eigenvalue weighted by Gasteiger charge is -2.28. The van der Waals surface area contributed by atoms with Crippen LogP contribution in [0.15, 0.2) is 54.6 Å². The van der Waals surface area contributed by atoms with Crippen LogP contribution in [-0.4, -0.2) is 28.7 Å². The van der Waals surface area contributed by atoms with Crippen LogP contribution in [0, 0.1) is 0 Å². The molecule has 2 N–H and O–H groups in total. The number of esters is 1. The van der Waals surface area contributed by atoms with Crippen LogP contribution in [0.25, 0.3) is 10.1 Å². The van der Waals surface area contributed by atoms with E-state index in [4.69, 9.17) is 9.26 Å². The summed E-state index contributed by atoms with van der Waals surface area (Å²) in [5, 5.41) is 12.2. The predicted octanol–water partition coefficient (Wildman–Crippen LogP) is 6.16. The lowest BCUT2D eigenvalue weighted by Crippen LogP contribution is -2.39. The van der Waals surface area contributed by atoms with Gasteiger partial charge in [-0.1, -0.05) is 24.3 Å². The first-order valence-electron chi connectivity index (χ1n) is 10.1. The van der Waals surface area contributed by atoms with E-state index >= 15 is 4.39 Å². The molecule has 0 bridgehead atoms. The van der Waals surface area contributed by atoms with Gasteiger partial charge in [0.1, 0.15) is 22.3 Å². The smallest absolute Gasteiger partial charge is 0.355 e. The fraction of sp³-hybridized carbons (Fsp3) is 0.304. The third-order valence-electron chi connectivity index (χ3n) is 4.44. The Morgan fingerprint density at radius 3 is 2.39 bits per heavy atom. The number of halogens is 1. The van der Waals surface area contributed by atoms with Crippen LogP contribution >= 0.6 is 18.9 Å². The van der Waals surface area contributed by atoms with Crippen molar-refractivity contribution in [1.82, 2.24) is 5.09 Å². The fourth-order valence-electron chi connectivity index (χ4n) is 3.00. The molecule has 0 aliphatic carbocycles. The third-order valence-corrected chi connectivity index (χ3v) is 7.67. The Bertz CT molecular complexity index is 1210. The molecule has 1 heterocycles. The molecule has 2 aromatic carbocycles. The molecule has 33 heavy (non-hydrogen) atoms. The summed E-state index contributed by atoms with van der Waals surface area (Å²) in [4.78, 5) is 23.8. The maximum absolute atomic E-state index is 15.8. The standard InChI is InChI=1S/C23H25FNO6PS/c1-14(22(28)30-23(2,3)4)25-32(29,31-17-8-6-5-7-9-17)20(24)15-10-11-18-16(12-15)13-19(33-18)21(26)27/h5-14,20H,1-4H3,(H,25,29)(H,26,27)/t14-,20?,32?/m0/s1. The van der Waals surface area contributed by atoms with E-state index in [0.29, 0.717) is 10.1 Å². The van der Waals surface area contributed by atoms with Crippen LogP contribution in [0.3, 0.4) is 0 Å². The van der Waals surface area contributed by atoms with Crippen molar-refractivity contribution in [2.45, 2.75) is 45.3 Å². The Balaban J connectivity index is 1.95. The molecule has 2 unspecified atom stereocenters. The molecule has 10 heteroatoms. The molecule has 1 aromatic heterocycles. The number of rotatable bonds is 8. The maximum atomic E-state index is 15.8. The minimum absolute atomic E-state index is 0.0281. The number of ether oxygens (including phenoxy) is 1. The normalized spacial score (nSPS) is 15.4. The molecule has 0 radical (unpaired) electrons. The van der Waals surface area contributed by atoms with Gasteiger partial charge in [0, 0.05) is 4.70 Å². The molecule has 3 atom stereocenters. The summed E-state index contributed by atoms with van der Waals surface area (Å²) in [5.74, 6) is -3.76. The molecule has 0 aliphatic rings. The number of carbonyl (C=O) groups is 2. The molecule has 3 rings (SSSR count). The number of hydrogen-bond donors (Lipinski definition) is 2. The summed E-state index contributed by atoms with van der Waals surface area (Å²) in [6.45, 7) is 6.49. The van der Waals surface area contributed by atoms with Gasteiger partial charge in [-0.25, -0.2) is 14.3 Å². The number of hydrogen-bond acceptors (Lipinski definition) is 6. The quantitative estimate of drug-likeness (QED) is 0.286. The van der Waals surface area contributed by atoms with E-state index in [0.717, 1.165) is 11.3 Å². The van der Waals surface area contributed by atoms with Crippen LogP contribution < -0.4 is 9.61 Å². The molecule has 0 fully saturated rings. The molecule has 0 aliphatic heterocycles. The van der Waals surface area contributed by atoms with Gasteiger partial charge in [-0.05, 0) is 69.0 Å². The first-order valence-corrected chi connectivity index (χ1v) is 12.6. The molecule has 0 amide bonds. The lowest BCUT2D eigenvalue weighted by molar-refractivity contribution is -0.156. The zero-order valence-electron chi connectivity index (χ0n) is 18.6. The number of benzene rings is 2. The fourth-order valence-corrected chi connectivity index (χ4v) is 5.79. The lowest BCUT2D eigenvalue weighted by atomic mass is 10.2. The minimum Gasteiger partial charge on any atom is -0.477 e. The van der Waals surface area contributed by atoms with E-state index < -0.39 is 37.0 Å². The molecular weight excluding hydrogens is 468 g/mol. The summed E-state index contributed by atoms with van der Waals surface area (Å²) in [5.41, 5.74) is -0.751. The van der Waals surface area contributed by atoms with Crippen LogP contribution in [-0.2, 0) is 14.1 Å². The summed E-state index contributed by atoms with van der Waals surface area (Å²) >= 11 is 1.06. The third kappa shape index (κ3) is 6.19. The van der Waals surface area contributed by atoms with Gasteiger partial charge in [-0.3, -0.25) is 9.36 Å². The molecule has 0 saturated carbocycles. The van der Waals surface area contributed by atoms with Gasteiger partial charge in [0.2, 0.25) is 5.91 Å². The molecule has 7 nitrogen and oxygen atoms in total. The largest absolute Gasteiger partial charge is 0.477 e. The molecular formula is C23H25FNO6PS. The van der Waals surface area contributed by atoms with Crippen molar-refractivity contribution in [3.63, 3.8) is 0 Å². The monoisotopic (exact) mass is 493 g/mol. The molecule has 0 spiro atoms.